The molecule has 1 aromatic heterocycles. The van der Waals surface area contributed by atoms with E-state index in [1.165, 1.54) is 10.9 Å². The predicted molar refractivity (Wildman–Crippen MR) is 67.8 cm³/mol. The van der Waals surface area contributed by atoms with Crippen LogP contribution in [-0.4, -0.2) is 34.5 Å². The topological polar surface area (TPSA) is 57.4 Å². The molecule has 0 amide bonds. The van der Waals surface area contributed by atoms with Gasteiger partial charge in [-0.25, -0.2) is 0 Å². The Bertz CT molecular complexity index is 493. The molecule has 2 aromatic rings. The number of rotatable bonds is 5. The molecule has 0 bridgehead atoms. The van der Waals surface area contributed by atoms with Gasteiger partial charge in [0.1, 0.15) is 0 Å². The lowest BCUT2D eigenvalue weighted by Gasteiger charge is -2.10. The number of fused-ring (bicyclic) bond motifs is 1. The first-order valence-corrected chi connectivity index (χ1v) is 5.76. The zero-order chi connectivity index (χ0) is 12.3. The molecule has 4 heteroatoms. The van der Waals surface area contributed by atoms with Crippen molar-refractivity contribution in [2.45, 2.75) is 19.2 Å². The fourth-order valence-corrected chi connectivity index (χ4v) is 2.08. The van der Waals surface area contributed by atoms with Gasteiger partial charge in [0.15, 0.2) is 0 Å². The molecular formula is C13H18N2O2. The summed E-state index contributed by atoms with van der Waals surface area (Å²) in [5.74, 6) is 0. The molecule has 0 spiro atoms. The van der Waals surface area contributed by atoms with Crippen LogP contribution in [0.4, 0.5) is 0 Å². The van der Waals surface area contributed by atoms with Crippen molar-refractivity contribution in [3.8, 4) is 0 Å². The second-order valence-corrected chi connectivity index (χ2v) is 4.18. The molecule has 2 rings (SSSR count). The number of aromatic nitrogens is 1. The molecule has 0 fully saturated rings. The quantitative estimate of drug-likeness (QED) is 0.714. The summed E-state index contributed by atoms with van der Waals surface area (Å²) in [4.78, 5) is 0. The van der Waals surface area contributed by atoms with Gasteiger partial charge in [-0.2, -0.15) is 0 Å². The third kappa shape index (κ3) is 2.49. The van der Waals surface area contributed by atoms with Gasteiger partial charge in [0.2, 0.25) is 0 Å². The maximum absolute atomic E-state index is 9.48. The zero-order valence-corrected chi connectivity index (χ0v) is 9.93. The zero-order valence-electron chi connectivity index (χ0n) is 9.93. The average Bonchev–Trinajstić information content (AvgIpc) is 2.74. The maximum atomic E-state index is 9.48. The van der Waals surface area contributed by atoms with Crippen LogP contribution in [0.15, 0.2) is 30.5 Å². The Balaban J connectivity index is 2.36. The van der Waals surface area contributed by atoms with E-state index in [0.29, 0.717) is 6.54 Å². The van der Waals surface area contributed by atoms with Crippen LogP contribution in [0.3, 0.4) is 0 Å². The van der Waals surface area contributed by atoms with Crippen LogP contribution in [0.2, 0.25) is 0 Å². The van der Waals surface area contributed by atoms with E-state index >= 15 is 0 Å². The summed E-state index contributed by atoms with van der Waals surface area (Å²) in [6.45, 7) is 1.03. The van der Waals surface area contributed by atoms with Gasteiger partial charge in [-0.05, 0) is 24.7 Å². The van der Waals surface area contributed by atoms with Gasteiger partial charge < -0.3 is 20.1 Å². The summed E-state index contributed by atoms with van der Waals surface area (Å²) in [6.07, 6.45) is 1.24. The number of aliphatic hydroxyl groups is 2. The lowest BCUT2D eigenvalue weighted by molar-refractivity contribution is 0.0822. The van der Waals surface area contributed by atoms with Crippen LogP contribution in [0.25, 0.3) is 10.9 Å². The van der Waals surface area contributed by atoms with Gasteiger partial charge in [-0.3, -0.25) is 0 Å². The molecule has 1 aromatic carbocycles. The molecule has 1 atom stereocenters. The summed E-state index contributed by atoms with van der Waals surface area (Å²) < 4.78 is 1.97. The fourth-order valence-electron chi connectivity index (χ4n) is 2.08. The Labute approximate surface area is 100 Å². The summed E-state index contributed by atoms with van der Waals surface area (Å²) in [7, 11) is 1.92. The number of hydrogen-bond acceptors (Lipinski definition) is 3. The van der Waals surface area contributed by atoms with Crippen molar-refractivity contribution in [3.05, 3.63) is 36.0 Å². The second kappa shape index (κ2) is 5.31. The van der Waals surface area contributed by atoms with Crippen molar-refractivity contribution in [1.29, 1.82) is 0 Å². The van der Waals surface area contributed by atoms with Crippen molar-refractivity contribution in [3.63, 3.8) is 0 Å². The second-order valence-electron chi connectivity index (χ2n) is 4.18. The standard InChI is InChI=1S/C13H18N2O2/c1-14-7-10-3-2-4-13-12(10)5-6-15(13)8-11(17)9-16/h2-6,11,14,16-17H,7-9H2,1H3. The third-order valence-electron chi connectivity index (χ3n) is 2.89. The highest BCUT2D eigenvalue weighted by molar-refractivity contribution is 5.83. The van der Waals surface area contributed by atoms with Gasteiger partial charge in [-0.15, -0.1) is 0 Å². The lowest BCUT2D eigenvalue weighted by Crippen LogP contribution is -2.19. The van der Waals surface area contributed by atoms with Crippen molar-refractivity contribution >= 4 is 10.9 Å². The summed E-state index contributed by atoms with van der Waals surface area (Å²) >= 11 is 0. The first kappa shape index (κ1) is 12.1. The van der Waals surface area contributed by atoms with Gasteiger partial charge in [0.05, 0.1) is 19.3 Å². The lowest BCUT2D eigenvalue weighted by atomic mass is 10.1. The van der Waals surface area contributed by atoms with Crippen LogP contribution in [0.5, 0.6) is 0 Å². The van der Waals surface area contributed by atoms with Gasteiger partial charge >= 0.3 is 0 Å². The molecule has 0 saturated carbocycles. The van der Waals surface area contributed by atoms with E-state index in [1.807, 2.05) is 36.0 Å². The van der Waals surface area contributed by atoms with Crippen LogP contribution < -0.4 is 5.32 Å². The highest BCUT2D eigenvalue weighted by Gasteiger charge is 2.08. The van der Waals surface area contributed by atoms with Gasteiger partial charge in [-0.1, -0.05) is 12.1 Å². The molecule has 0 radical (unpaired) electrons. The maximum Gasteiger partial charge on any atom is 0.0949 e. The monoisotopic (exact) mass is 234 g/mol. The molecule has 92 valence electrons. The average molecular weight is 234 g/mol. The third-order valence-corrected chi connectivity index (χ3v) is 2.89. The minimum atomic E-state index is -0.710. The summed E-state index contributed by atoms with van der Waals surface area (Å²) in [5, 5.41) is 22.7. The minimum Gasteiger partial charge on any atom is -0.394 e. The molecule has 0 aliphatic rings. The van der Waals surface area contributed by atoms with Crippen molar-refractivity contribution < 1.29 is 10.2 Å². The Morgan fingerprint density at radius 2 is 2.18 bits per heavy atom. The van der Waals surface area contributed by atoms with Gasteiger partial charge in [0, 0.05) is 23.6 Å². The van der Waals surface area contributed by atoms with Crippen LogP contribution in [0, 0.1) is 0 Å². The van der Waals surface area contributed by atoms with E-state index in [2.05, 4.69) is 11.4 Å². The highest BCUT2D eigenvalue weighted by Crippen LogP contribution is 2.20. The van der Waals surface area contributed by atoms with Crippen LogP contribution in [-0.2, 0) is 13.1 Å². The number of nitrogens with zero attached hydrogens (tertiary/aromatic N) is 1. The smallest absolute Gasteiger partial charge is 0.0949 e. The first-order chi connectivity index (χ1) is 8.26. The summed E-state index contributed by atoms with van der Waals surface area (Å²) in [6, 6.07) is 8.17. The van der Waals surface area contributed by atoms with Crippen molar-refractivity contribution in [1.82, 2.24) is 9.88 Å². The van der Waals surface area contributed by atoms with Gasteiger partial charge in [0.25, 0.3) is 0 Å². The molecule has 17 heavy (non-hydrogen) atoms. The fraction of sp³-hybridized carbons (Fsp3) is 0.385. The van der Waals surface area contributed by atoms with E-state index < -0.39 is 6.10 Å². The Morgan fingerprint density at radius 3 is 2.88 bits per heavy atom. The first-order valence-electron chi connectivity index (χ1n) is 5.76. The Kier molecular flexibility index (Phi) is 3.78. The largest absolute Gasteiger partial charge is 0.394 e. The highest BCUT2D eigenvalue weighted by atomic mass is 16.3. The summed E-state index contributed by atoms with van der Waals surface area (Å²) in [5.41, 5.74) is 2.33. The van der Waals surface area contributed by atoms with E-state index in [4.69, 9.17) is 5.11 Å². The van der Waals surface area contributed by atoms with E-state index in [0.717, 1.165) is 12.1 Å². The molecule has 1 unspecified atom stereocenters. The number of benzene rings is 1. The molecule has 0 saturated heterocycles. The van der Waals surface area contributed by atoms with Crippen molar-refractivity contribution in [2.75, 3.05) is 13.7 Å². The molecule has 0 aliphatic carbocycles. The molecular weight excluding hydrogens is 216 g/mol. The molecule has 1 heterocycles. The Hall–Kier alpha value is -1.36. The predicted octanol–water partition coefficient (Wildman–Crippen LogP) is 0.714. The number of aliphatic hydroxyl groups excluding tert-OH is 2. The number of hydrogen-bond donors (Lipinski definition) is 3. The molecule has 0 aliphatic heterocycles. The normalized spacial score (nSPS) is 13.1. The van der Waals surface area contributed by atoms with Crippen molar-refractivity contribution in [2.24, 2.45) is 0 Å². The SMILES string of the molecule is CNCc1cccc2c1ccn2CC(O)CO. The molecule has 3 N–H and O–H groups in total. The van der Waals surface area contributed by atoms with E-state index in [1.54, 1.807) is 0 Å². The minimum absolute atomic E-state index is 0.212. The van der Waals surface area contributed by atoms with Crippen LogP contribution >= 0.6 is 0 Å². The number of nitrogens with one attached hydrogen (secondary N) is 1. The van der Waals surface area contributed by atoms with E-state index in [-0.39, 0.29) is 6.61 Å². The van der Waals surface area contributed by atoms with E-state index in [9.17, 15) is 5.11 Å². The Morgan fingerprint density at radius 1 is 1.35 bits per heavy atom. The molecule has 4 nitrogen and oxygen atoms in total. The van der Waals surface area contributed by atoms with Crippen LogP contribution in [0.1, 0.15) is 5.56 Å².